The molecule has 28 heavy (non-hydrogen) atoms. The fourth-order valence-electron chi connectivity index (χ4n) is 2.56. The highest BCUT2D eigenvalue weighted by Gasteiger charge is 2.19. The molecule has 3 aromatic rings. The van der Waals surface area contributed by atoms with Crippen LogP contribution in [-0.2, 0) is 21.9 Å². The van der Waals surface area contributed by atoms with E-state index in [2.05, 4.69) is 10.3 Å². The van der Waals surface area contributed by atoms with Crippen LogP contribution in [0.5, 0.6) is 0 Å². The zero-order valence-corrected chi connectivity index (χ0v) is 17.0. The highest BCUT2D eigenvalue weighted by atomic mass is 32.2. The number of nitrogens with one attached hydrogen (secondary N) is 1. The van der Waals surface area contributed by atoms with Gasteiger partial charge in [0.05, 0.1) is 22.0 Å². The third-order valence-corrected chi connectivity index (χ3v) is 6.20. The van der Waals surface area contributed by atoms with Crippen LogP contribution in [0.1, 0.15) is 6.92 Å². The zero-order valence-electron chi connectivity index (χ0n) is 15.4. The number of rotatable bonds is 6. The fourth-order valence-corrected chi connectivity index (χ4v) is 3.93. The van der Waals surface area contributed by atoms with E-state index >= 15 is 0 Å². The number of imidazole rings is 1. The second-order valence-corrected chi connectivity index (χ2v) is 9.04. The summed E-state index contributed by atoms with van der Waals surface area (Å²) in [5.74, 6) is -0.211. The summed E-state index contributed by atoms with van der Waals surface area (Å²) >= 11 is 1.34. The first-order chi connectivity index (χ1) is 13.3. The van der Waals surface area contributed by atoms with Crippen molar-refractivity contribution in [2.75, 3.05) is 5.32 Å². The maximum atomic E-state index is 12.5. The van der Waals surface area contributed by atoms with Crippen LogP contribution in [0.15, 0.2) is 70.8 Å². The lowest BCUT2D eigenvalue weighted by Crippen LogP contribution is -2.23. The van der Waals surface area contributed by atoms with Crippen LogP contribution in [-0.4, -0.2) is 29.1 Å². The minimum absolute atomic E-state index is 0.00521. The molecule has 2 aromatic carbocycles. The average Bonchev–Trinajstić information content (AvgIpc) is 3.02. The second kappa shape index (κ2) is 8.17. The monoisotopic (exact) mass is 416 g/mol. The van der Waals surface area contributed by atoms with Gasteiger partial charge in [-0.25, -0.2) is 18.5 Å². The fraction of sp³-hybridized carbons (Fsp3) is 0.158. The van der Waals surface area contributed by atoms with Crippen LogP contribution >= 0.6 is 11.8 Å². The predicted octanol–water partition coefficient (Wildman–Crippen LogP) is 2.85. The van der Waals surface area contributed by atoms with E-state index in [0.717, 1.165) is 16.4 Å². The van der Waals surface area contributed by atoms with Gasteiger partial charge in [0, 0.05) is 12.7 Å². The van der Waals surface area contributed by atoms with Crippen molar-refractivity contribution >= 4 is 33.4 Å². The van der Waals surface area contributed by atoms with E-state index in [1.54, 1.807) is 13.1 Å². The molecule has 1 heterocycles. The first-order valence-corrected chi connectivity index (χ1v) is 10.9. The topological polar surface area (TPSA) is 107 Å². The molecule has 1 amide bonds. The SMILES string of the molecule is CC(Sc1ncc(-c2ccccc2)n1C)C(=O)Nc1ccc(S(N)(=O)=O)cc1. The van der Waals surface area contributed by atoms with E-state index in [1.165, 1.54) is 36.0 Å². The number of amides is 1. The molecule has 7 nitrogen and oxygen atoms in total. The number of sulfonamides is 1. The van der Waals surface area contributed by atoms with Gasteiger partial charge in [-0.15, -0.1) is 0 Å². The molecule has 0 spiro atoms. The molecule has 1 unspecified atom stereocenters. The van der Waals surface area contributed by atoms with Crippen molar-refractivity contribution < 1.29 is 13.2 Å². The van der Waals surface area contributed by atoms with Gasteiger partial charge >= 0.3 is 0 Å². The predicted molar refractivity (Wildman–Crippen MR) is 110 cm³/mol. The number of hydrogen-bond donors (Lipinski definition) is 2. The van der Waals surface area contributed by atoms with Crippen LogP contribution in [0.4, 0.5) is 5.69 Å². The molecular formula is C19H20N4O3S2. The number of carbonyl (C=O) groups excluding carboxylic acids is 1. The Bertz CT molecular complexity index is 1080. The van der Waals surface area contributed by atoms with Gasteiger partial charge in [0.1, 0.15) is 0 Å². The lowest BCUT2D eigenvalue weighted by Gasteiger charge is -2.12. The van der Waals surface area contributed by atoms with Gasteiger partial charge in [-0.3, -0.25) is 4.79 Å². The number of benzene rings is 2. The van der Waals surface area contributed by atoms with Crippen molar-refractivity contribution in [2.45, 2.75) is 22.2 Å². The number of nitrogens with zero attached hydrogens (tertiary/aromatic N) is 2. The number of nitrogens with two attached hydrogens (primary N) is 1. The number of anilines is 1. The Hall–Kier alpha value is -2.62. The van der Waals surface area contributed by atoms with E-state index in [0.29, 0.717) is 5.69 Å². The Morgan fingerprint density at radius 1 is 1.14 bits per heavy atom. The molecule has 146 valence electrons. The van der Waals surface area contributed by atoms with E-state index in [-0.39, 0.29) is 10.8 Å². The number of carbonyl (C=O) groups is 1. The van der Waals surface area contributed by atoms with E-state index in [4.69, 9.17) is 5.14 Å². The molecular weight excluding hydrogens is 396 g/mol. The highest BCUT2D eigenvalue weighted by molar-refractivity contribution is 8.00. The molecule has 0 fully saturated rings. The third kappa shape index (κ3) is 4.61. The molecule has 1 atom stereocenters. The zero-order chi connectivity index (χ0) is 20.3. The summed E-state index contributed by atoms with van der Waals surface area (Å²) in [7, 11) is -1.85. The van der Waals surface area contributed by atoms with Gasteiger partial charge in [0.2, 0.25) is 15.9 Å². The molecule has 0 aliphatic heterocycles. The Labute approximate surface area is 168 Å². The smallest absolute Gasteiger partial charge is 0.238 e. The standard InChI is InChI=1S/C19H20N4O3S2/c1-13(18(24)22-15-8-10-16(11-9-15)28(20,25)26)27-19-21-12-17(23(19)2)14-6-4-3-5-7-14/h3-13H,1-2H3,(H,22,24)(H2,20,25,26). The van der Waals surface area contributed by atoms with Gasteiger partial charge in [0.25, 0.3) is 0 Å². The van der Waals surface area contributed by atoms with Gasteiger partial charge in [-0.2, -0.15) is 0 Å². The molecule has 3 rings (SSSR count). The van der Waals surface area contributed by atoms with Crippen LogP contribution in [0.3, 0.4) is 0 Å². The number of primary sulfonamides is 1. The van der Waals surface area contributed by atoms with Gasteiger partial charge in [0.15, 0.2) is 5.16 Å². The van der Waals surface area contributed by atoms with Crippen molar-refractivity contribution in [3.63, 3.8) is 0 Å². The molecule has 0 aliphatic carbocycles. The molecule has 0 saturated carbocycles. The normalized spacial score (nSPS) is 12.5. The van der Waals surface area contributed by atoms with Gasteiger partial charge < -0.3 is 9.88 Å². The number of hydrogen-bond acceptors (Lipinski definition) is 5. The maximum Gasteiger partial charge on any atom is 0.238 e. The minimum Gasteiger partial charge on any atom is -0.325 e. The Morgan fingerprint density at radius 3 is 2.39 bits per heavy atom. The van der Waals surface area contributed by atoms with Crippen LogP contribution in [0.2, 0.25) is 0 Å². The summed E-state index contributed by atoms with van der Waals surface area (Å²) in [6.45, 7) is 1.79. The van der Waals surface area contributed by atoms with Crippen molar-refractivity contribution in [3.05, 3.63) is 60.8 Å². The molecule has 3 N–H and O–H groups in total. The van der Waals surface area contributed by atoms with E-state index < -0.39 is 15.3 Å². The molecule has 0 bridgehead atoms. The van der Waals surface area contributed by atoms with Gasteiger partial charge in [-0.05, 0) is 36.8 Å². The Kier molecular flexibility index (Phi) is 5.87. The molecule has 0 aliphatic rings. The number of aromatic nitrogens is 2. The van der Waals surface area contributed by atoms with Crippen molar-refractivity contribution in [3.8, 4) is 11.3 Å². The molecule has 0 radical (unpaired) electrons. The van der Waals surface area contributed by atoms with Crippen molar-refractivity contribution in [1.82, 2.24) is 9.55 Å². The first-order valence-electron chi connectivity index (χ1n) is 8.43. The second-order valence-electron chi connectivity index (χ2n) is 6.17. The van der Waals surface area contributed by atoms with Crippen molar-refractivity contribution in [1.29, 1.82) is 0 Å². The summed E-state index contributed by atoms with van der Waals surface area (Å²) < 4.78 is 24.5. The quantitative estimate of drug-likeness (QED) is 0.601. The van der Waals surface area contributed by atoms with Crippen LogP contribution in [0.25, 0.3) is 11.3 Å². The van der Waals surface area contributed by atoms with Crippen LogP contribution in [0, 0.1) is 0 Å². The highest BCUT2D eigenvalue weighted by Crippen LogP contribution is 2.28. The molecule has 0 saturated heterocycles. The summed E-state index contributed by atoms with van der Waals surface area (Å²) in [5.41, 5.74) is 2.51. The minimum atomic E-state index is -3.76. The molecule has 9 heteroatoms. The third-order valence-electron chi connectivity index (χ3n) is 4.12. The first kappa shape index (κ1) is 20.1. The maximum absolute atomic E-state index is 12.5. The Balaban J connectivity index is 1.67. The largest absolute Gasteiger partial charge is 0.325 e. The van der Waals surface area contributed by atoms with E-state index in [1.807, 2.05) is 41.9 Å². The van der Waals surface area contributed by atoms with Crippen LogP contribution < -0.4 is 10.5 Å². The van der Waals surface area contributed by atoms with Crippen molar-refractivity contribution in [2.24, 2.45) is 12.2 Å². The summed E-state index contributed by atoms with van der Waals surface area (Å²) in [6, 6.07) is 15.6. The number of thioether (sulfide) groups is 1. The lowest BCUT2D eigenvalue weighted by molar-refractivity contribution is -0.115. The van der Waals surface area contributed by atoms with Gasteiger partial charge in [-0.1, -0.05) is 42.1 Å². The Morgan fingerprint density at radius 2 is 1.79 bits per heavy atom. The molecule has 1 aromatic heterocycles. The lowest BCUT2D eigenvalue weighted by atomic mass is 10.2. The average molecular weight is 417 g/mol. The summed E-state index contributed by atoms with van der Waals surface area (Å²) in [4.78, 5) is 16.9. The summed E-state index contributed by atoms with van der Waals surface area (Å²) in [6.07, 6.45) is 1.79. The van der Waals surface area contributed by atoms with E-state index in [9.17, 15) is 13.2 Å². The summed E-state index contributed by atoms with van der Waals surface area (Å²) in [5, 5.41) is 8.17.